The van der Waals surface area contributed by atoms with E-state index in [0.29, 0.717) is 32.5 Å². The molecule has 1 unspecified atom stereocenters. The van der Waals surface area contributed by atoms with Crippen LogP contribution in [-0.4, -0.2) is 77.3 Å². The smallest absolute Gasteiger partial charge is 0.0701 e. The molecule has 1 heterocycles. The van der Waals surface area contributed by atoms with E-state index in [1.807, 2.05) is 0 Å². The first-order valence-corrected chi connectivity index (χ1v) is 7.47. The summed E-state index contributed by atoms with van der Waals surface area (Å²) >= 11 is 0. The number of hydrogen-bond donors (Lipinski definition) is 1. The largest absolute Gasteiger partial charge is 0.382 e. The van der Waals surface area contributed by atoms with Gasteiger partial charge in [-0.1, -0.05) is 6.92 Å². The lowest BCUT2D eigenvalue weighted by atomic mass is 10.1. The lowest BCUT2D eigenvalue weighted by Crippen LogP contribution is -2.46. The SMILES string of the molecule is CCNC1CCCN(CCOCCOCCOC)C1. The van der Waals surface area contributed by atoms with Crippen LogP contribution in [0.2, 0.25) is 0 Å². The minimum Gasteiger partial charge on any atom is -0.382 e. The average Bonchev–Trinajstić information content (AvgIpc) is 2.43. The Bertz CT molecular complexity index is 203. The summed E-state index contributed by atoms with van der Waals surface area (Å²) in [5, 5.41) is 3.53. The molecule has 0 radical (unpaired) electrons. The number of methoxy groups -OCH3 is 1. The minimum absolute atomic E-state index is 0.649. The summed E-state index contributed by atoms with van der Waals surface area (Å²) in [5.74, 6) is 0. The molecule has 5 nitrogen and oxygen atoms in total. The van der Waals surface area contributed by atoms with Crippen LogP contribution in [0.1, 0.15) is 19.8 Å². The van der Waals surface area contributed by atoms with Gasteiger partial charge in [0, 0.05) is 26.2 Å². The monoisotopic (exact) mass is 274 g/mol. The van der Waals surface area contributed by atoms with Gasteiger partial charge in [-0.05, 0) is 25.9 Å². The van der Waals surface area contributed by atoms with Crippen molar-refractivity contribution in [2.45, 2.75) is 25.8 Å². The number of likely N-dealkylation sites (N-methyl/N-ethyl adjacent to an activating group) is 1. The predicted octanol–water partition coefficient (Wildman–Crippen LogP) is 0.740. The molecule has 114 valence electrons. The van der Waals surface area contributed by atoms with Gasteiger partial charge in [0.05, 0.1) is 33.0 Å². The molecule has 1 saturated heterocycles. The molecular formula is C14H30N2O3. The second kappa shape index (κ2) is 11.6. The van der Waals surface area contributed by atoms with Crippen molar-refractivity contribution < 1.29 is 14.2 Å². The third-order valence-electron chi connectivity index (χ3n) is 3.35. The van der Waals surface area contributed by atoms with Gasteiger partial charge in [-0.25, -0.2) is 0 Å². The highest BCUT2D eigenvalue weighted by molar-refractivity contribution is 4.77. The molecule has 1 aliphatic heterocycles. The van der Waals surface area contributed by atoms with E-state index in [0.717, 1.165) is 26.2 Å². The molecule has 0 aromatic heterocycles. The van der Waals surface area contributed by atoms with Crippen molar-refractivity contribution in [1.82, 2.24) is 10.2 Å². The summed E-state index contributed by atoms with van der Waals surface area (Å²) in [6.45, 7) is 10.1. The molecule has 1 N–H and O–H groups in total. The van der Waals surface area contributed by atoms with Gasteiger partial charge in [-0.2, -0.15) is 0 Å². The summed E-state index contributed by atoms with van der Waals surface area (Å²) in [7, 11) is 1.68. The first kappa shape index (κ1) is 16.9. The fourth-order valence-electron chi connectivity index (χ4n) is 2.37. The summed E-state index contributed by atoms with van der Waals surface area (Å²) in [5.41, 5.74) is 0. The van der Waals surface area contributed by atoms with Gasteiger partial charge in [0.25, 0.3) is 0 Å². The van der Waals surface area contributed by atoms with E-state index in [2.05, 4.69) is 17.1 Å². The molecule has 1 aliphatic rings. The molecule has 0 aliphatic carbocycles. The van der Waals surface area contributed by atoms with Crippen molar-refractivity contribution in [3.8, 4) is 0 Å². The van der Waals surface area contributed by atoms with Gasteiger partial charge < -0.3 is 19.5 Å². The third-order valence-corrected chi connectivity index (χ3v) is 3.35. The molecule has 1 atom stereocenters. The summed E-state index contributed by atoms with van der Waals surface area (Å²) in [6, 6.07) is 0.663. The number of hydrogen-bond acceptors (Lipinski definition) is 5. The molecule has 5 heteroatoms. The summed E-state index contributed by atoms with van der Waals surface area (Å²) in [6.07, 6.45) is 2.59. The molecular weight excluding hydrogens is 244 g/mol. The lowest BCUT2D eigenvalue weighted by molar-refractivity contribution is 0.0175. The molecule has 0 aromatic rings. The van der Waals surface area contributed by atoms with Crippen molar-refractivity contribution >= 4 is 0 Å². The van der Waals surface area contributed by atoms with Crippen LogP contribution in [0.15, 0.2) is 0 Å². The highest BCUT2D eigenvalue weighted by Gasteiger charge is 2.18. The van der Waals surface area contributed by atoms with Crippen LogP contribution < -0.4 is 5.32 Å². The fourth-order valence-corrected chi connectivity index (χ4v) is 2.37. The second-order valence-corrected chi connectivity index (χ2v) is 4.91. The van der Waals surface area contributed by atoms with Crippen LogP contribution in [-0.2, 0) is 14.2 Å². The normalized spacial score (nSPS) is 20.8. The van der Waals surface area contributed by atoms with Gasteiger partial charge in [0.2, 0.25) is 0 Å². The molecule has 0 amide bonds. The van der Waals surface area contributed by atoms with Crippen LogP contribution in [0, 0.1) is 0 Å². The van der Waals surface area contributed by atoms with Crippen molar-refractivity contribution in [2.75, 3.05) is 66.3 Å². The molecule has 1 rings (SSSR count). The maximum atomic E-state index is 5.58. The van der Waals surface area contributed by atoms with Crippen LogP contribution in [0.25, 0.3) is 0 Å². The first-order chi connectivity index (χ1) is 9.36. The molecule has 0 bridgehead atoms. The van der Waals surface area contributed by atoms with Crippen molar-refractivity contribution in [3.63, 3.8) is 0 Å². The first-order valence-electron chi connectivity index (χ1n) is 7.47. The molecule has 19 heavy (non-hydrogen) atoms. The van der Waals surface area contributed by atoms with Gasteiger partial charge in [0.1, 0.15) is 0 Å². The Kier molecular flexibility index (Phi) is 10.3. The fraction of sp³-hybridized carbons (Fsp3) is 1.00. The number of piperidine rings is 1. The number of nitrogens with zero attached hydrogens (tertiary/aromatic N) is 1. The van der Waals surface area contributed by atoms with E-state index in [1.54, 1.807) is 7.11 Å². The lowest BCUT2D eigenvalue weighted by Gasteiger charge is -2.32. The number of likely N-dealkylation sites (tertiary alicyclic amines) is 1. The van der Waals surface area contributed by atoms with Gasteiger partial charge in [-0.15, -0.1) is 0 Å². The Morgan fingerprint density at radius 2 is 1.84 bits per heavy atom. The van der Waals surface area contributed by atoms with Gasteiger partial charge in [0.15, 0.2) is 0 Å². The Morgan fingerprint density at radius 3 is 2.58 bits per heavy atom. The Balaban J connectivity index is 1.91. The van der Waals surface area contributed by atoms with Crippen molar-refractivity contribution in [3.05, 3.63) is 0 Å². The van der Waals surface area contributed by atoms with Crippen LogP contribution in [0.3, 0.4) is 0 Å². The summed E-state index contributed by atoms with van der Waals surface area (Å²) < 4.78 is 15.8. The summed E-state index contributed by atoms with van der Waals surface area (Å²) in [4.78, 5) is 2.49. The topological polar surface area (TPSA) is 43.0 Å². The number of nitrogens with one attached hydrogen (secondary N) is 1. The zero-order valence-corrected chi connectivity index (χ0v) is 12.5. The van der Waals surface area contributed by atoms with Gasteiger partial charge >= 0.3 is 0 Å². The van der Waals surface area contributed by atoms with E-state index >= 15 is 0 Å². The quantitative estimate of drug-likeness (QED) is 0.563. The molecule has 0 spiro atoms. The molecule has 1 fully saturated rings. The zero-order chi connectivity index (χ0) is 13.8. The van der Waals surface area contributed by atoms with Crippen molar-refractivity contribution in [1.29, 1.82) is 0 Å². The maximum absolute atomic E-state index is 5.58. The van der Waals surface area contributed by atoms with E-state index in [-0.39, 0.29) is 0 Å². The van der Waals surface area contributed by atoms with Gasteiger partial charge in [-0.3, -0.25) is 4.90 Å². The zero-order valence-electron chi connectivity index (χ0n) is 12.5. The highest BCUT2D eigenvalue weighted by Crippen LogP contribution is 2.09. The van der Waals surface area contributed by atoms with E-state index in [4.69, 9.17) is 14.2 Å². The predicted molar refractivity (Wildman–Crippen MR) is 76.7 cm³/mol. The van der Waals surface area contributed by atoms with Crippen LogP contribution >= 0.6 is 0 Å². The Morgan fingerprint density at radius 1 is 1.11 bits per heavy atom. The van der Waals surface area contributed by atoms with E-state index in [9.17, 15) is 0 Å². The Hall–Kier alpha value is -0.200. The van der Waals surface area contributed by atoms with Crippen LogP contribution in [0.4, 0.5) is 0 Å². The number of ether oxygens (including phenoxy) is 3. The third kappa shape index (κ3) is 8.55. The Labute approximate surface area is 117 Å². The standard InChI is InChI=1S/C14H30N2O3/c1-3-15-14-5-4-6-16(13-14)7-8-18-11-12-19-10-9-17-2/h14-15H,3-13H2,1-2H3. The van der Waals surface area contributed by atoms with Crippen LogP contribution in [0.5, 0.6) is 0 Å². The highest BCUT2D eigenvalue weighted by atomic mass is 16.5. The van der Waals surface area contributed by atoms with E-state index in [1.165, 1.54) is 19.4 Å². The number of rotatable bonds is 11. The molecule has 0 saturated carbocycles. The average molecular weight is 274 g/mol. The maximum Gasteiger partial charge on any atom is 0.0701 e. The minimum atomic E-state index is 0.649. The van der Waals surface area contributed by atoms with Crippen molar-refractivity contribution in [2.24, 2.45) is 0 Å². The molecule has 0 aromatic carbocycles. The second-order valence-electron chi connectivity index (χ2n) is 4.91. The van der Waals surface area contributed by atoms with E-state index < -0.39 is 0 Å².